The Bertz CT molecular complexity index is 1320. The van der Waals surface area contributed by atoms with E-state index in [9.17, 15) is 24.3 Å². The summed E-state index contributed by atoms with van der Waals surface area (Å²) in [6.45, 7) is 5.61. The molecule has 1 N–H and O–H groups in total. The van der Waals surface area contributed by atoms with Gasteiger partial charge in [-0.25, -0.2) is 0 Å². The lowest BCUT2D eigenvalue weighted by Crippen LogP contribution is -2.40. The number of unbranched alkanes of at least 4 members (excludes halogenated alkanes) is 9. The minimum absolute atomic E-state index is 0.0716. The topological polar surface area (TPSA) is 135 Å². The number of halogens is 1. The van der Waals surface area contributed by atoms with Crippen molar-refractivity contribution >= 4 is 34.8 Å². The number of esters is 3. The number of carbonyl (C=O) groups is 4. The Hall–Kier alpha value is -3.31. The summed E-state index contributed by atoms with van der Waals surface area (Å²) in [5.41, 5.74) is 0.441. The third-order valence-electron chi connectivity index (χ3n) is 9.18. The molecule has 11 heteroatoms. The maximum Gasteiger partial charge on any atom is 0.306 e. The number of aliphatic hydroxyl groups is 1. The SMILES string of the molecule is CCCCCCCC(=O)Cl.CCCCCCCCC(=O)OCC1(COCc2ccccc2)CCC(=O)O1.O=C1CCC(CO)(COCc2ccccc2)O1. The summed E-state index contributed by atoms with van der Waals surface area (Å²) in [6.07, 6.45) is 15.3. The van der Waals surface area contributed by atoms with E-state index in [0.29, 0.717) is 51.7 Å². The van der Waals surface area contributed by atoms with Crippen LogP contribution in [0.4, 0.5) is 0 Å². The fourth-order valence-electron chi connectivity index (χ4n) is 5.91. The van der Waals surface area contributed by atoms with Crippen molar-refractivity contribution in [3.8, 4) is 0 Å². The molecule has 0 aromatic heterocycles. The van der Waals surface area contributed by atoms with Gasteiger partial charge >= 0.3 is 17.9 Å². The van der Waals surface area contributed by atoms with E-state index in [4.69, 9.17) is 35.3 Å². The average molecular weight is 775 g/mol. The van der Waals surface area contributed by atoms with Crippen LogP contribution in [0.25, 0.3) is 0 Å². The van der Waals surface area contributed by atoms with Gasteiger partial charge in [-0.3, -0.25) is 19.2 Å². The van der Waals surface area contributed by atoms with Gasteiger partial charge in [-0.05, 0) is 35.6 Å². The Morgan fingerprint density at radius 1 is 0.648 bits per heavy atom. The standard InChI is InChI=1S/C22H32O5.C13H16O4.C8H15ClO/c1-2-3-4-5-6-10-13-20(23)26-18-22(15-14-21(24)27-22)17-25-16-19-11-8-7-9-12-19;14-9-13(7-6-12(15)17-13)10-16-8-11-4-2-1-3-5-11;1-2-3-4-5-6-7-8(9)10/h7-9,11-12H,2-6,10,13-18H2,1H3;1-5,14H,6-10H2;2-7H2,1H3. The van der Waals surface area contributed by atoms with Crippen LogP contribution < -0.4 is 0 Å². The molecule has 0 bridgehead atoms. The number of hydrogen-bond donors (Lipinski definition) is 1. The van der Waals surface area contributed by atoms with Gasteiger partial charge in [0.15, 0.2) is 11.2 Å². The Morgan fingerprint density at radius 2 is 1.09 bits per heavy atom. The van der Waals surface area contributed by atoms with E-state index in [1.54, 1.807) is 0 Å². The monoisotopic (exact) mass is 774 g/mol. The first kappa shape index (κ1) is 46.8. The van der Waals surface area contributed by atoms with Gasteiger partial charge in [0, 0.05) is 38.5 Å². The molecule has 2 saturated heterocycles. The molecule has 2 fully saturated rings. The quantitative estimate of drug-likeness (QED) is 0.0477. The smallest absolute Gasteiger partial charge is 0.306 e. The molecule has 2 unspecified atom stereocenters. The summed E-state index contributed by atoms with van der Waals surface area (Å²) in [7, 11) is 0. The van der Waals surface area contributed by atoms with Gasteiger partial charge in [0.05, 0.1) is 33.0 Å². The molecule has 302 valence electrons. The van der Waals surface area contributed by atoms with E-state index < -0.39 is 11.2 Å². The van der Waals surface area contributed by atoms with Gasteiger partial charge in [-0.15, -0.1) is 0 Å². The third kappa shape index (κ3) is 21.0. The van der Waals surface area contributed by atoms with Crippen molar-refractivity contribution in [1.82, 2.24) is 0 Å². The Kier molecular flexibility index (Phi) is 24.4. The molecule has 0 amide bonds. The fourth-order valence-corrected chi connectivity index (χ4v) is 6.04. The number of rotatable bonds is 24. The molecule has 54 heavy (non-hydrogen) atoms. The second-order valence-corrected chi connectivity index (χ2v) is 14.5. The van der Waals surface area contributed by atoms with Crippen LogP contribution in [0.5, 0.6) is 0 Å². The zero-order chi connectivity index (χ0) is 39.3. The Morgan fingerprint density at radius 3 is 1.54 bits per heavy atom. The number of benzene rings is 2. The van der Waals surface area contributed by atoms with E-state index in [1.165, 1.54) is 38.5 Å². The van der Waals surface area contributed by atoms with Crippen LogP contribution in [0.15, 0.2) is 60.7 Å². The Balaban J connectivity index is 0.000000317. The molecule has 0 radical (unpaired) electrons. The predicted molar refractivity (Wildman–Crippen MR) is 209 cm³/mol. The van der Waals surface area contributed by atoms with Crippen molar-refractivity contribution < 1.29 is 48.0 Å². The van der Waals surface area contributed by atoms with Crippen LogP contribution in [0, 0.1) is 0 Å². The number of hydrogen-bond acceptors (Lipinski definition) is 10. The van der Waals surface area contributed by atoms with Gasteiger partial charge in [-0.1, -0.05) is 132 Å². The van der Waals surface area contributed by atoms with Crippen LogP contribution in [0.1, 0.15) is 134 Å². The molecular formula is C43H63ClO10. The lowest BCUT2D eigenvalue weighted by molar-refractivity contribution is -0.169. The number of aliphatic hydroxyl groups excluding tert-OH is 1. The zero-order valence-corrected chi connectivity index (χ0v) is 33.3. The number of ether oxygens (including phenoxy) is 5. The summed E-state index contributed by atoms with van der Waals surface area (Å²) in [6, 6.07) is 19.6. The van der Waals surface area contributed by atoms with E-state index in [1.807, 2.05) is 60.7 Å². The van der Waals surface area contributed by atoms with Crippen molar-refractivity contribution in [1.29, 1.82) is 0 Å². The Labute approximate surface area is 327 Å². The van der Waals surface area contributed by atoms with E-state index in [-0.39, 0.29) is 49.6 Å². The van der Waals surface area contributed by atoms with Gasteiger partial charge in [0.2, 0.25) is 5.24 Å². The van der Waals surface area contributed by atoms with Crippen LogP contribution >= 0.6 is 11.6 Å². The van der Waals surface area contributed by atoms with Crippen LogP contribution in [-0.4, -0.2) is 65.9 Å². The van der Waals surface area contributed by atoms with E-state index in [0.717, 1.165) is 43.2 Å². The van der Waals surface area contributed by atoms with Crippen molar-refractivity contribution in [2.75, 3.05) is 26.4 Å². The molecule has 10 nitrogen and oxygen atoms in total. The van der Waals surface area contributed by atoms with E-state index >= 15 is 0 Å². The second-order valence-electron chi connectivity index (χ2n) is 14.1. The molecule has 2 aromatic rings. The summed E-state index contributed by atoms with van der Waals surface area (Å²) in [4.78, 5) is 44.9. The molecular weight excluding hydrogens is 712 g/mol. The normalized spacial score (nSPS) is 18.8. The highest BCUT2D eigenvalue weighted by Crippen LogP contribution is 2.29. The van der Waals surface area contributed by atoms with Gasteiger partial charge in [0.25, 0.3) is 0 Å². The summed E-state index contributed by atoms with van der Waals surface area (Å²) >= 11 is 5.15. The summed E-state index contributed by atoms with van der Waals surface area (Å²) in [5.74, 6) is -0.747. The maximum absolute atomic E-state index is 12.0. The van der Waals surface area contributed by atoms with Crippen LogP contribution in [0.2, 0.25) is 0 Å². The maximum atomic E-state index is 12.0. The molecule has 2 aromatic carbocycles. The van der Waals surface area contributed by atoms with Crippen molar-refractivity contribution in [2.45, 2.75) is 147 Å². The highest BCUT2D eigenvalue weighted by molar-refractivity contribution is 6.63. The zero-order valence-electron chi connectivity index (χ0n) is 32.5. The molecule has 2 heterocycles. The lowest BCUT2D eigenvalue weighted by atomic mass is 10.0. The highest BCUT2D eigenvalue weighted by atomic mass is 35.5. The first-order chi connectivity index (χ1) is 26.1. The van der Waals surface area contributed by atoms with Crippen LogP contribution in [0.3, 0.4) is 0 Å². The molecule has 2 atom stereocenters. The first-order valence-electron chi connectivity index (χ1n) is 19.8. The third-order valence-corrected chi connectivity index (χ3v) is 9.37. The number of carbonyl (C=O) groups excluding carboxylic acids is 4. The predicted octanol–water partition coefficient (Wildman–Crippen LogP) is 8.96. The summed E-state index contributed by atoms with van der Waals surface area (Å²) < 4.78 is 27.3. The molecule has 2 aliphatic rings. The lowest BCUT2D eigenvalue weighted by Gasteiger charge is -2.27. The molecule has 0 aliphatic carbocycles. The van der Waals surface area contributed by atoms with Gasteiger partial charge in [0.1, 0.15) is 6.61 Å². The van der Waals surface area contributed by atoms with Crippen LogP contribution in [-0.2, 0) is 56.1 Å². The molecule has 4 rings (SSSR count). The van der Waals surface area contributed by atoms with E-state index in [2.05, 4.69) is 13.8 Å². The molecule has 2 aliphatic heterocycles. The van der Waals surface area contributed by atoms with Gasteiger partial charge < -0.3 is 28.8 Å². The molecule has 0 spiro atoms. The second kappa shape index (κ2) is 28.1. The van der Waals surface area contributed by atoms with Crippen molar-refractivity contribution in [2.24, 2.45) is 0 Å². The summed E-state index contributed by atoms with van der Waals surface area (Å²) in [5, 5.41) is 9.08. The molecule has 0 saturated carbocycles. The minimum atomic E-state index is -0.845. The highest BCUT2D eigenvalue weighted by Gasteiger charge is 2.42. The largest absolute Gasteiger partial charge is 0.461 e. The van der Waals surface area contributed by atoms with Crippen molar-refractivity contribution in [3.05, 3.63) is 71.8 Å². The average Bonchev–Trinajstić information content (AvgIpc) is 3.75. The van der Waals surface area contributed by atoms with Gasteiger partial charge in [-0.2, -0.15) is 0 Å². The fraction of sp³-hybridized carbons (Fsp3) is 0.628. The van der Waals surface area contributed by atoms with Crippen molar-refractivity contribution in [3.63, 3.8) is 0 Å². The minimum Gasteiger partial charge on any atom is -0.461 e. The number of cyclic esters (lactones) is 2. The first-order valence-corrected chi connectivity index (χ1v) is 20.1.